The number of likely N-dealkylation sites (N-methyl/N-ethyl adjacent to an activating group) is 1. The summed E-state index contributed by atoms with van der Waals surface area (Å²) in [5.74, 6) is 2.36. The minimum atomic E-state index is 0.370. The van der Waals surface area contributed by atoms with Gasteiger partial charge in [0.05, 0.1) is 59.9 Å². The van der Waals surface area contributed by atoms with E-state index in [-0.39, 0.29) is 0 Å². The topological polar surface area (TPSA) is 42.4 Å². The number of aromatic nitrogens is 2. The van der Waals surface area contributed by atoms with Crippen molar-refractivity contribution in [2.75, 3.05) is 59.8 Å². The maximum absolute atomic E-state index is 5.96. The fourth-order valence-electron chi connectivity index (χ4n) is 6.40. The van der Waals surface area contributed by atoms with Crippen molar-refractivity contribution in [1.82, 2.24) is 4.98 Å². The van der Waals surface area contributed by atoms with Crippen LogP contribution in [0.2, 0.25) is 0 Å². The van der Waals surface area contributed by atoms with Crippen molar-refractivity contribution in [3.05, 3.63) is 145 Å². The molecule has 0 saturated carbocycles. The summed E-state index contributed by atoms with van der Waals surface area (Å²) in [5.41, 5.74) is 5.14. The molecule has 7 heteroatoms. The fraction of sp³-hybridized carbons (Fsp3) is 0.286. The van der Waals surface area contributed by atoms with E-state index >= 15 is 0 Å². The number of ether oxygens (including phenoxy) is 1. The van der Waals surface area contributed by atoms with Crippen molar-refractivity contribution in [2.24, 2.45) is 0 Å². The number of pyridine rings is 1. The average Bonchev–Trinajstić information content (AvgIpc) is 3.65. The van der Waals surface area contributed by atoms with Gasteiger partial charge in [-0.05, 0) is 53.6 Å². The Morgan fingerprint density at radius 1 is 0.816 bits per heavy atom. The van der Waals surface area contributed by atoms with E-state index in [0.29, 0.717) is 11.9 Å². The molecule has 2 aromatic carbocycles. The number of fused-ring (bicyclic) bond motifs is 2. The largest absolute Gasteiger partial charge is 0.439 e. The summed E-state index contributed by atoms with van der Waals surface area (Å²) in [4.78, 5) is 6.58. The third-order valence-corrected chi connectivity index (χ3v) is 9.51. The molecule has 0 spiro atoms. The van der Waals surface area contributed by atoms with Crippen LogP contribution in [0.15, 0.2) is 138 Å². The van der Waals surface area contributed by atoms with Crippen LogP contribution in [0.3, 0.4) is 0 Å². The van der Waals surface area contributed by atoms with E-state index < -0.39 is 0 Å². The molecule has 0 N–H and O–H groups in total. The van der Waals surface area contributed by atoms with Crippen molar-refractivity contribution in [1.29, 1.82) is 0 Å². The number of hydrogen-bond acceptors (Lipinski definition) is 4. The summed E-state index contributed by atoms with van der Waals surface area (Å²) < 4.78 is 16.0. The van der Waals surface area contributed by atoms with Crippen molar-refractivity contribution in [3.63, 3.8) is 0 Å². The molecule has 0 bridgehead atoms. The second kappa shape index (κ2) is 15.1. The lowest BCUT2D eigenvalue weighted by atomic mass is 10.0. The van der Waals surface area contributed by atoms with Gasteiger partial charge < -0.3 is 23.0 Å². The Kier molecular flexibility index (Phi) is 10.4. The van der Waals surface area contributed by atoms with Crippen LogP contribution in [0.5, 0.6) is 5.75 Å². The molecule has 1 aliphatic heterocycles. The Morgan fingerprint density at radius 3 is 2.31 bits per heavy atom. The first-order valence-electron chi connectivity index (χ1n) is 17.3. The Hall–Kier alpha value is -4.98. The Bertz CT molecular complexity index is 1870. The molecule has 0 radical (unpaired) electrons. The molecule has 0 amide bonds. The first kappa shape index (κ1) is 33.9. The van der Waals surface area contributed by atoms with Gasteiger partial charge in [0.25, 0.3) is 0 Å². The highest BCUT2D eigenvalue weighted by atomic mass is 16.5. The standard InChI is InChI=1S/C42H50N5O2/c1-44-38-17-7-9-19-40(38)49-42(44)21-11-15-35-26-29-45(30-27-35)28-12-31-46(2,3)32-13-33-47(4,5)36-24-22-34(23-25-36)14-10-20-41-43-37-16-6-8-18-39(37)48-41/h6-11,14-27,29-30,36H,12-13,28,31-33H2,1-5H3/q+3. The number of hydrogen-bond donors (Lipinski definition) is 0. The van der Waals surface area contributed by atoms with Gasteiger partial charge in [-0.2, -0.15) is 0 Å². The summed E-state index contributed by atoms with van der Waals surface area (Å²) in [6.45, 7) is 4.47. The van der Waals surface area contributed by atoms with E-state index in [1.807, 2.05) is 67.7 Å². The Labute approximate surface area is 291 Å². The zero-order valence-electron chi connectivity index (χ0n) is 29.6. The lowest BCUT2D eigenvalue weighted by molar-refractivity contribution is -0.916. The highest BCUT2D eigenvalue weighted by molar-refractivity contribution is 5.73. The van der Waals surface area contributed by atoms with Gasteiger partial charge >= 0.3 is 0 Å². The number of allylic oxidation sites excluding steroid dienone is 7. The van der Waals surface area contributed by atoms with Crippen LogP contribution in [0.4, 0.5) is 5.69 Å². The predicted molar refractivity (Wildman–Crippen MR) is 200 cm³/mol. The monoisotopic (exact) mass is 656 g/mol. The molecule has 0 fully saturated rings. The maximum atomic E-state index is 5.96. The van der Waals surface area contributed by atoms with Gasteiger partial charge in [0.2, 0.25) is 5.89 Å². The average molecular weight is 657 g/mol. The van der Waals surface area contributed by atoms with Gasteiger partial charge in [0.15, 0.2) is 36.2 Å². The van der Waals surface area contributed by atoms with Crippen molar-refractivity contribution in [3.8, 4) is 5.75 Å². The molecule has 0 saturated heterocycles. The van der Waals surface area contributed by atoms with Gasteiger partial charge in [-0.15, -0.1) is 0 Å². The smallest absolute Gasteiger partial charge is 0.219 e. The first-order valence-corrected chi connectivity index (χ1v) is 17.3. The quantitative estimate of drug-likeness (QED) is 0.110. The van der Waals surface area contributed by atoms with Crippen molar-refractivity contribution < 1.29 is 22.7 Å². The molecular weight excluding hydrogens is 606 g/mol. The minimum absolute atomic E-state index is 0.370. The van der Waals surface area contributed by atoms with Crippen LogP contribution in [0.25, 0.3) is 23.3 Å². The Morgan fingerprint density at radius 2 is 1.53 bits per heavy atom. The number of nitrogens with zero attached hydrogens (tertiary/aromatic N) is 5. The number of anilines is 1. The SMILES string of the molecule is CN1C(=CC=Cc2cc[n+](CCC[N+](C)(C)CCC[N+](C)(C)C3C=CC(=CC=Cc4nc5ccccc5o4)C=C3)cc2)Oc2ccccc21. The number of benzene rings is 2. The number of aryl methyl sites for hydroxylation is 1. The molecule has 2 aromatic heterocycles. The van der Waals surface area contributed by atoms with Crippen LogP contribution < -0.4 is 14.2 Å². The fourth-order valence-corrected chi connectivity index (χ4v) is 6.40. The van der Waals surface area contributed by atoms with Crippen LogP contribution in [-0.4, -0.2) is 74.9 Å². The molecule has 49 heavy (non-hydrogen) atoms. The summed E-state index contributed by atoms with van der Waals surface area (Å²) in [5, 5.41) is 0. The second-order valence-corrected chi connectivity index (χ2v) is 14.2. The van der Waals surface area contributed by atoms with Crippen LogP contribution in [-0.2, 0) is 6.54 Å². The van der Waals surface area contributed by atoms with Gasteiger partial charge in [0.1, 0.15) is 11.6 Å². The van der Waals surface area contributed by atoms with Crippen LogP contribution >= 0.6 is 0 Å². The molecular formula is C42H50N5O2+3. The van der Waals surface area contributed by atoms with Crippen molar-refractivity contribution >= 4 is 28.9 Å². The van der Waals surface area contributed by atoms with Crippen LogP contribution in [0.1, 0.15) is 24.3 Å². The first-order chi connectivity index (χ1) is 23.6. The molecule has 6 rings (SSSR count). The molecule has 252 valence electrons. The number of quaternary nitrogens is 2. The summed E-state index contributed by atoms with van der Waals surface area (Å²) in [7, 11) is 11.4. The highest BCUT2D eigenvalue weighted by Crippen LogP contribution is 2.37. The lowest BCUT2D eigenvalue weighted by Crippen LogP contribution is -2.50. The number of oxazole rings is 1. The van der Waals surface area contributed by atoms with E-state index in [1.165, 1.54) is 24.1 Å². The zero-order chi connectivity index (χ0) is 34.3. The third-order valence-electron chi connectivity index (χ3n) is 9.51. The molecule has 1 aliphatic carbocycles. The van der Waals surface area contributed by atoms with Gasteiger partial charge in [-0.1, -0.05) is 60.7 Å². The molecule has 3 heterocycles. The zero-order valence-corrected chi connectivity index (χ0v) is 29.6. The highest BCUT2D eigenvalue weighted by Gasteiger charge is 2.26. The van der Waals surface area contributed by atoms with E-state index in [2.05, 4.69) is 116 Å². The van der Waals surface area contributed by atoms with Gasteiger partial charge in [-0.3, -0.25) is 0 Å². The summed E-state index contributed by atoms with van der Waals surface area (Å²) >= 11 is 0. The van der Waals surface area contributed by atoms with Gasteiger partial charge in [0, 0.05) is 31.7 Å². The van der Waals surface area contributed by atoms with E-state index in [1.54, 1.807) is 0 Å². The minimum Gasteiger partial charge on any atom is -0.439 e. The second-order valence-electron chi connectivity index (χ2n) is 14.2. The van der Waals surface area contributed by atoms with E-state index in [4.69, 9.17) is 9.15 Å². The van der Waals surface area contributed by atoms with Crippen molar-refractivity contribution in [2.45, 2.75) is 25.4 Å². The molecule has 7 nitrogen and oxygen atoms in total. The molecule has 2 aliphatic rings. The van der Waals surface area contributed by atoms with E-state index in [9.17, 15) is 0 Å². The third kappa shape index (κ3) is 8.93. The van der Waals surface area contributed by atoms with E-state index in [0.717, 1.165) is 63.4 Å². The molecule has 4 aromatic rings. The summed E-state index contributed by atoms with van der Waals surface area (Å²) in [6.07, 6.45) is 28.0. The molecule has 0 unspecified atom stereocenters. The van der Waals surface area contributed by atoms with Crippen LogP contribution in [0, 0.1) is 0 Å². The maximum Gasteiger partial charge on any atom is 0.219 e. The molecule has 0 atom stereocenters. The summed E-state index contributed by atoms with van der Waals surface area (Å²) in [6, 6.07) is 20.7. The predicted octanol–water partition coefficient (Wildman–Crippen LogP) is 7.57. The Balaban J connectivity index is 0.900. The lowest BCUT2D eigenvalue weighted by Gasteiger charge is -2.37. The van der Waals surface area contributed by atoms with Gasteiger partial charge in [-0.25, -0.2) is 9.55 Å². The number of para-hydroxylation sites is 4. The normalized spacial score (nSPS) is 17.2. The number of rotatable bonds is 13.